The van der Waals surface area contributed by atoms with Crippen LogP contribution in [0.1, 0.15) is 26.3 Å². The first-order valence-electron chi connectivity index (χ1n) is 5.07. The first kappa shape index (κ1) is 11.2. The van der Waals surface area contributed by atoms with Crippen LogP contribution in [0.4, 0.5) is 4.39 Å². The lowest BCUT2D eigenvalue weighted by atomic mass is 10.1. The van der Waals surface area contributed by atoms with Gasteiger partial charge in [0.05, 0.1) is 0 Å². The second-order valence-electron chi connectivity index (χ2n) is 4.04. The molecule has 1 aromatic rings. The van der Waals surface area contributed by atoms with E-state index >= 15 is 0 Å². The lowest BCUT2D eigenvalue weighted by Gasteiger charge is -2.17. The fourth-order valence-electron chi connectivity index (χ4n) is 1.16. The van der Waals surface area contributed by atoms with Crippen LogP contribution in [0.25, 0.3) is 0 Å². The number of hydrogen-bond donors (Lipinski definition) is 1. The Bertz CT molecular complexity index is 283. The van der Waals surface area contributed by atoms with Gasteiger partial charge in [0.2, 0.25) is 0 Å². The monoisotopic (exact) mass is 195 g/mol. The van der Waals surface area contributed by atoms with Gasteiger partial charge in [-0.05, 0) is 30.5 Å². The third-order valence-corrected chi connectivity index (χ3v) is 2.52. The van der Waals surface area contributed by atoms with E-state index in [1.165, 1.54) is 6.07 Å². The minimum Gasteiger partial charge on any atom is -0.310 e. The van der Waals surface area contributed by atoms with Crippen molar-refractivity contribution >= 4 is 0 Å². The zero-order valence-electron chi connectivity index (χ0n) is 9.05. The molecular weight excluding hydrogens is 177 g/mol. The van der Waals surface area contributed by atoms with Gasteiger partial charge in [0.1, 0.15) is 5.82 Å². The van der Waals surface area contributed by atoms with Gasteiger partial charge in [-0.1, -0.05) is 26.0 Å². The van der Waals surface area contributed by atoms with Crippen molar-refractivity contribution in [1.82, 2.24) is 5.32 Å². The molecule has 0 bridgehead atoms. The largest absolute Gasteiger partial charge is 0.310 e. The predicted molar refractivity (Wildman–Crippen MR) is 57.5 cm³/mol. The third kappa shape index (κ3) is 3.46. The highest BCUT2D eigenvalue weighted by Gasteiger charge is 2.05. The summed E-state index contributed by atoms with van der Waals surface area (Å²) >= 11 is 0. The van der Waals surface area contributed by atoms with Crippen LogP contribution in [-0.2, 0) is 6.54 Å². The van der Waals surface area contributed by atoms with Crippen LogP contribution in [0.15, 0.2) is 24.3 Å². The summed E-state index contributed by atoms with van der Waals surface area (Å²) in [7, 11) is 0. The standard InChI is InChI=1S/C12H18FN/c1-9(2)10(3)14-8-11-5-4-6-12(13)7-11/h4-7,9-10,14H,8H2,1-3H3/t10-/m0/s1. The van der Waals surface area contributed by atoms with E-state index in [-0.39, 0.29) is 5.82 Å². The molecule has 0 radical (unpaired) electrons. The average molecular weight is 195 g/mol. The smallest absolute Gasteiger partial charge is 0.123 e. The van der Waals surface area contributed by atoms with E-state index in [0.29, 0.717) is 12.0 Å². The van der Waals surface area contributed by atoms with Crippen LogP contribution in [0.3, 0.4) is 0 Å². The Morgan fingerprint density at radius 1 is 1.29 bits per heavy atom. The van der Waals surface area contributed by atoms with Crippen molar-refractivity contribution in [2.75, 3.05) is 0 Å². The molecule has 2 heteroatoms. The Kier molecular flexibility index (Phi) is 4.08. The maximum atomic E-state index is 12.8. The molecule has 0 saturated carbocycles. The normalized spacial score (nSPS) is 13.2. The average Bonchev–Trinajstić information content (AvgIpc) is 2.14. The molecule has 0 fully saturated rings. The maximum absolute atomic E-state index is 12.8. The Labute approximate surface area is 85.3 Å². The Morgan fingerprint density at radius 2 is 2.00 bits per heavy atom. The number of hydrogen-bond acceptors (Lipinski definition) is 1. The molecule has 0 unspecified atom stereocenters. The van der Waals surface area contributed by atoms with Gasteiger partial charge < -0.3 is 5.32 Å². The van der Waals surface area contributed by atoms with Gasteiger partial charge >= 0.3 is 0 Å². The molecule has 0 spiro atoms. The summed E-state index contributed by atoms with van der Waals surface area (Å²) in [6, 6.07) is 7.17. The molecule has 1 N–H and O–H groups in total. The number of halogens is 1. The van der Waals surface area contributed by atoms with Crippen molar-refractivity contribution < 1.29 is 4.39 Å². The van der Waals surface area contributed by atoms with E-state index in [0.717, 1.165) is 12.1 Å². The minimum atomic E-state index is -0.165. The molecule has 0 aromatic heterocycles. The highest BCUT2D eigenvalue weighted by molar-refractivity contribution is 5.16. The summed E-state index contributed by atoms with van der Waals surface area (Å²) in [6.45, 7) is 7.22. The van der Waals surface area contributed by atoms with E-state index in [4.69, 9.17) is 0 Å². The molecule has 1 atom stereocenters. The van der Waals surface area contributed by atoms with Gasteiger partial charge in [0.15, 0.2) is 0 Å². The Balaban J connectivity index is 2.45. The van der Waals surface area contributed by atoms with Gasteiger partial charge in [0, 0.05) is 12.6 Å². The lowest BCUT2D eigenvalue weighted by Crippen LogP contribution is -2.30. The summed E-state index contributed by atoms with van der Waals surface area (Å²) < 4.78 is 12.8. The first-order valence-corrected chi connectivity index (χ1v) is 5.07. The third-order valence-electron chi connectivity index (χ3n) is 2.52. The summed E-state index contributed by atoms with van der Waals surface area (Å²) in [5.74, 6) is 0.435. The predicted octanol–water partition coefficient (Wildman–Crippen LogP) is 2.96. The molecule has 0 heterocycles. The second kappa shape index (κ2) is 5.11. The van der Waals surface area contributed by atoms with Crippen molar-refractivity contribution in [2.45, 2.75) is 33.4 Å². The molecular formula is C12H18FN. The molecule has 0 saturated heterocycles. The molecule has 1 nitrogen and oxygen atoms in total. The highest BCUT2D eigenvalue weighted by atomic mass is 19.1. The molecule has 0 aliphatic rings. The summed E-state index contributed by atoms with van der Waals surface area (Å²) in [5, 5.41) is 3.36. The van der Waals surface area contributed by atoms with Crippen molar-refractivity contribution in [3.8, 4) is 0 Å². The zero-order chi connectivity index (χ0) is 10.6. The molecule has 0 aliphatic carbocycles. The van der Waals surface area contributed by atoms with E-state index in [2.05, 4.69) is 26.1 Å². The summed E-state index contributed by atoms with van der Waals surface area (Å²) in [5.41, 5.74) is 0.998. The van der Waals surface area contributed by atoms with Gasteiger partial charge in [-0.25, -0.2) is 4.39 Å². The van der Waals surface area contributed by atoms with E-state index < -0.39 is 0 Å². The number of rotatable bonds is 4. The van der Waals surface area contributed by atoms with Crippen molar-refractivity contribution in [3.63, 3.8) is 0 Å². The molecule has 1 aromatic carbocycles. The molecule has 78 valence electrons. The number of benzene rings is 1. The summed E-state index contributed by atoms with van der Waals surface area (Å²) in [4.78, 5) is 0. The van der Waals surface area contributed by atoms with Crippen LogP contribution in [0, 0.1) is 11.7 Å². The topological polar surface area (TPSA) is 12.0 Å². The van der Waals surface area contributed by atoms with Gasteiger partial charge in [0.25, 0.3) is 0 Å². The quantitative estimate of drug-likeness (QED) is 0.778. The van der Waals surface area contributed by atoms with Crippen LogP contribution in [0.2, 0.25) is 0 Å². The van der Waals surface area contributed by atoms with Crippen molar-refractivity contribution in [3.05, 3.63) is 35.6 Å². The maximum Gasteiger partial charge on any atom is 0.123 e. The molecule has 0 aliphatic heterocycles. The Hall–Kier alpha value is -0.890. The Morgan fingerprint density at radius 3 is 2.57 bits per heavy atom. The van der Waals surface area contributed by atoms with Crippen LogP contribution in [0.5, 0.6) is 0 Å². The van der Waals surface area contributed by atoms with Gasteiger partial charge in [-0.15, -0.1) is 0 Å². The van der Waals surface area contributed by atoms with Crippen LogP contribution < -0.4 is 5.32 Å². The van der Waals surface area contributed by atoms with Crippen molar-refractivity contribution in [1.29, 1.82) is 0 Å². The number of nitrogens with one attached hydrogen (secondary N) is 1. The van der Waals surface area contributed by atoms with Crippen LogP contribution in [-0.4, -0.2) is 6.04 Å². The van der Waals surface area contributed by atoms with E-state index in [1.807, 2.05) is 6.07 Å². The minimum absolute atomic E-state index is 0.165. The van der Waals surface area contributed by atoms with Gasteiger partial charge in [-0.3, -0.25) is 0 Å². The SMILES string of the molecule is CC(C)[C@H](C)NCc1cccc(F)c1. The van der Waals surface area contributed by atoms with E-state index in [1.54, 1.807) is 12.1 Å². The fraction of sp³-hybridized carbons (Fsp3) is 0.500. The zero-order valence-corrected chi connectivity index (χ0v) is 9.05. The van der Waals surface area contributed by atoms with Crippen LogP contribution >= 0.6 is 0 Å². The fourth-order valence-corrected chi connectivity index (χ4v) is 1.16. The molecule has 0 amide bonds. The van der Waals surface area contributed by atoms with Crippen molar-refractivity contribution in [2.24, 2.45) is 5.92 Å². The highest BCUT2D eigenvalue weighted by Crippen LogP contribution is 2.05. The lowest BCUT2D eigenvalue weighted by molar-refractivity contribution is 0.425. The molecule has 1 rings (SSSR count). The second-order valence-corrected chi connectivity index (χ2v) is 4.04. The summed E-state index contributed by atoms with van der Waals surface area (Å²) in [6.07, 6.45) is 0. The first-order chi connectivity index (χ1) is 6.59. The van der Waals surface area contributed by atoms with E-state index in [9.17, 15) is 4.39 Å². The molecule has 14 heavy (non-hydrogen) atoms. The van der Waals surface area contributed by atoms with Gasteiger partial charge in [-0.2, -0.15) is 0 Å².